The summed E-state index contributed by atoms with van der Waals surface area (Å²) < 4.78 is 0. The van der Waals surface area contributed by atoms with Gasteiger partial charge in [0.2, 0.25) is 0 Å². The van der Waals surface area contributed by atoms with E-state index in [1.165, 1.54) is 19.3 Å². The van der Waals surface area contributed by atoms with E-state index in [0.717, 1.165) is 37.0 Å². The maximum atomic E-state index is 13.0. The molecular formula is C16H20N2O. The Labute approximate surface area is 113 Å². The largest absolute Gasteiger partial charge is 0.383 e. The minimum atomic E-state index is -0.105. The Hall–Kier alpha value is -1.38. The SMILES string of the molecule is Nc1ncccc1C(=O)C12CC3CC(CC(C3)C1)C2. The third-order valence-electron chi connectivity index (χ3n) is 5.60. The van der Waals surface area contributed by atoms with Crippen LogP contribution in [0.25, 0.3) is 0 Å². The number of hydrogen-bond acceptors (Lipinski definition) is 3. The fourth-order valence-electron chi connectivity index (χ4n) is 5.28. The predicted octanol–water partition coefficient (Wildman–Crippen LogP) is 3.06. The van der Waals surface area contributed by atoms with Crippen molar-refractivity contribution in [3.63, 3.8) is 0 Å². The molecule has 19 heavy (non-hydrogen) atoms. The van der Waals surface area contributed by atoms with Gasteiger partial charge in [-0.15, -0.1) is 0 Å². The number of aromatic nitrogens is 1. The van der Waals surface area contributed by atoms with Crippen molar-refractivity contribution in [2.24, 2.45) is 23.2 Å². The third kappa shape index (κ3) is 1.63. The lowest BCUT2D eigenvalue weighted by atomic mass is 9.48. The summed E-state index contributed by atoms with van der Waals surface area (Å²) in [5.41, 5.74) is 6.46. The van der Waals surface area contributed by atoms with Gasteiger partial charge in [0.25, 0.3) is 0 Å². The van der Waals surface area contributed by atoms with Gasteiger partial charge in [-0.1, -0.05) is 0 Å². The number of rotatable bonds is 2. The van der Waals surface area contributed by atoms with E-state index in [9.17, 15) is 4.79 Å². The molecule has 4 aliphatic rings. The molecule has 4 saturated carbocycles. The van der Waals surface area contributed by atoms with Crippen LogP contribution in [0.4, 0.5) is 5.82 Å². The maximum absolute atomic E-state index is 13.0. The first-order valence-electron chi connectivity index (χ1n) is 7.41. The van der Waals surface area contributed by atoms with E-state index in [2.05, 4.69) is 4.98 Å². The topological polar surface area (TPSA) is 56.0 Å². The van der Waals surface area contributed by atoms with E-state index >= 15 is 0 Å². The molecule has 0 amide bonds. The summed E-state index contributed by atoms with van der Waals surface area (Å²) in [6.45, 7) is 0. The first kappa shape index (κ1) is 11.4. The molecule has 2 N–H and O–H groups in total. The number of Topliss-reactive ketones (excluding diaryl/α,β-unsaturated/α-hetero) is 1. The fourth-order valence-corrected chi connectivity index (χ4v) is 5.28. The number of nitrogens with two attached hydrogens (primary N) is 1. The summed E-state index contributed by atoms with van der Waals surface area (Å²) >= 11 is 0. The quantitative estimate of drug-likeness (QED) is 0.827. The third-order valence-corrected chi connectivity index (χ3v) is 5.60. The molecule has 0 radical (unpaired) electrons. The molecule has 0 unspecified atom stereocenters. The van der Waals surface area contributed by atoms with Crippen molar-refractivity contribution in [1.82, 2.24) is 4.98 Å². The fraction of sp³-hybridized carbons (Fsp3) is 0.625. The lowest BCUT2D eigenvalue weighted by molar-refractivity contribution is -0.0352. The highest BCUT2D eigenvalue weighted by molar-refractivity contribution is 6.04. The van der Waals surface area contributed by atoms with Crippen LogP contribution < -0.4 is 5.73 Å². The molecule has 3 nitrogen and oxygen atoms in total. The number of anilines is 1. The van der Waals surface area contributed by atoms with Crippen molar-refractivity contribution in [1.29, 1.82) is 0 Å². The molecular weight excluding hydrogens is 236 g/mol. The summed E-state index contributed by atoms with van der Waals surface area (Å²) in [6.07, 6.45) is 9.00. The molecule has 3 heteroatoms. The molecule has 100 valence electrons. The normalized spacial score (nSPS) is 39.5. The highest BCUT2D eigenvalue weighted by Gasteiger charge is 2.54. The molecule has 4 fully saturated rings. The second-order valence-electron chi connectivity index (χ2n) is 6.96. The van der Waals surface area contributed by atoms with E-state index < -0.39 is 0 Å². The van der Waals surface area contributed by atoms with E-state index in [1.54, 1.807) is 6.20 Å². The van der Waals surface area contributed by atoms with E-state index in [4.69, 9.17) is 5.73 Å². The van der Waals surface area contributed by atoms with Crippen LogP contribution in [0.2, 0.25) is 0 Å². The minimum Gasteiger partial charge on any atom is -0.383 e. The number of nitrogen functional groups attached to an aromatic ring is 1. The molecule has 1 aromatic rings. The summed E-state index contributed by atoms with van der Waals surface area (Å²) in [5, 5.41) is 0. The van der Waals surface area contributed by atoms with Crippen LogP contribution in [0, 0.1) is 23.2 Å². The second kappa shape index (κ2) is 3.81. The van der Waals surface area contributed by atoms with E-state index in [0.29, 0.717) is 11.4 Å². The molecule has 0 spiro atoms. The Morgan fingerprint density at radius 1 is 1.16 bits per heavy atom. The van der Waals surface area contributed by atoms with Crippen molar-refractivity contribution in [2.75, 3.05) is 5.73 Å². The predicted molar refractivity (Wildman–Crippen MR) is 73.6 cm³/mol. The van der Waals surface area contributed by atoms with Crippen molar-refractivity contribution >= 4 is 11.6 Å². The van der Waals surface area contributed by atoms with Crippen LogP contribution in [0.1, 0.15) is 48.9 Å². The van der Waals surface area contributed by atoms with Crippen molar-refractivity contribution in [3.05, 3.63) is 23.9 Å². The average Bonchev–Trinajstić information content (AvgIpc) is 2.37. The van der Waals surface area contributed by atoms with Gasteiger partial charge in [0, 0.05) is 11.6 Å². The Kier molecular flexibility index (Phi) is 2.30. The first-order chi connectivity index (χ1) is 9.16. The molecule has 0 aliphatic heterocycles. The zero-order valence-electron chi connectivity index (χ0n) is 11.1. The summed E-state index contributed by atoms with van der Waals surface area (Å²) in [6, 6.07) is 3.67. The van der Waals surface area contributed by atoms with Crippen LogP contribution in [-0.4, -0.2) is 10.8 Å². The summed E-state index contributed by atoms with van der Waals surface area (Å²) in [7, 11) is 0. The van der Waals surface area contributed by atoms with Gasteiger partial charge in [0.1, 0.15) is 5.82 Å². The average molecular weight is 256 g/mol. The van der Waals surface area contributed by atoms with Gasteiger partial charge in [-0.05, 0) is 68.4 Å². The van der Waals surface area contributed by atoms with Gasteiger partial charge in [-0.2, -0.15) is 0 Å². The zero-order valence-corrected chi connectivity index (χ0v) is 11.1. The van der Waals surface area contributed by atoms with E-state index in [1.807, 2.05) is 12.1 Å². The van der Waals surface area contributed by atoms with Crippen LogP contribution in [-0.2, 0) is 0 Å². The molecule has 0 aromatic carbocycles. The van der Waals surface area contributed by atoms with Crippen molar-refractivity contribution in [2.45, 2.75) is 38.5 Å². The first-order valence-corrected chi connectivity index (χ1v) is 7.41. The number of hydrogen-bond donors (Lipinski definition) is 1. The van der Waals surface area contributed by atoms with Gasteiger partial charge >= 0.3 is 0 Å². The monoisotopic (exact) mass is 256 g/mol. The highest BCUT2D eigenvalue weighted by atomic mass is 16.1. The molecule has 0 saturated heterocycles. The van der Waals surface area contributed by atoms with Crippen LogP contribution in [0.5, 0.6) is 0 Å². The Bertz CT molecular complexity index is 502. The molecule has 4 bridgehead atoms. The van der Waals surface area contributed by atoms with E-state index in [-0.39, 0.29) is 11.2 Å². The van der Waals surface area contributed by atoms with Crippen LogP contribution >= 0.6 is 0 Å². The highest BCUT2D eigenvalue weighted by Crippen LogP contribution is 2.61. The zero-order chi connectivity index (χ0) is 13.0. The Balaban J connectivity index is 1.72. The van der Waals surface area contributed by atoms with Gasteiger partial charge < -0.3 is 5.73 Å². The number of ketones is 1. The van der Waals surface area contributed by atoms with Crippen LogP contribution in [0.15, 0.2) is 18.3 Å². The van der Waals surface area contributed by atoms with Crippen molar-refractivity contribution in [3.8, 4) is 0 Å². The molecule has 0 atom stereocenters. The van der Waals surface area contributed by atoms with Gasteiger partial charge in [0.05, 0.1) is 5.56 Å². The van der Waals surface area contributed by atoms with Gasteiger partial charge in [0.15, 0.2) is 5.78 Å². The second-order valence-corrected chi connectivity index (χ2v) is 6.96. The van der Waals surface area contributed by atoms with Gasteiger partial charge in [-0.25, -0.2) is 4.98 Å². The number of carbonyl (C=O) groups excluding carboxylic acids is 1. The van der Waals surface area contributed by atoms with Crippen LogP contribution in [0.3, 0.4) is 0 Å². The summed E-state index contributed by atoms with van der Waals surface area (Å²) in [4.78, 5) is 17.1. The molecule has 5 rings (SSSR count). The molecule has 1 aromatic heterocycles. The Morgan fingerprint density at radius 2 is 1.74 bits per heavy atom. The standard InChI is InChI=1S/C16H20N2O/c17-15-13(2-1-3-18-15)14(19)16-7-10-4-11(8-16)6-12(5-10)9-16/h1-3,10-12H,4-9H2,(H2,17,18). The lowest BCUT2D eigenvalue weighted by Gasteiger charge is -2.55. The Morgan fingerprint density at radius 3 is 2.26 bits per heavy atom. The maximum Gasteiger partial charge on any atom is 0.172 e. The minimum absolute atomic E-state index is 0.105. The summed E-state index contributed by atoms with van der Waals surface area (Å²) in [5.74, 6) is 3.04. The van der Waals surface area contributed by atoms with Gasteiger partial charge in [-0.3, -0.25) is 4.79 Å². The van der Waals surface area contributed by atoms with Crippen molar-refractivity contribution < 1.29 is 4.79 Å². The molecule has 1 heterocycles. The number of nitrogens with zero attached hydrogens (tertiary/aromatic N) is 1. The number of carbonyl (C=O) groups is 1. The number of pyridine rings is 1. The molecule has 4 aliphatic carbocycles. The smallest absolute Gasteiger partial charge is 0.172 e. The lowest BCUT2D eigenvalue weighted by Crippen LogP contribution is -2.50.